The molecule has 1 fully saturated rings. The Morgan fingerprint density at radius 1 is 1.29 bits per heavy atom. The van der Waals surface area contributed by atoms with Gasteiger partial charge in [0.15, 0.2) is 5.65 Å². The van der Waals surface area contributed by atoms with Crippen molar-refractivity contribution < 1.29 is 13.2 Å². The average Bonchev–Trinajstić information content (AvgIpc) is 2.57. The third-order valence-electron chi connectivity index (χ3n) is 2.91. The van der Waals surface area contributed by atoms with Crippen LogP contribution in [0.2, 0.25) is 0 Å². The third-order valence-corrected chi connectivity index (χ3v) is 2.91. The Balaban J connectivity index is 2.07. The summed E-state index contributed by atoms with van der Waals surface area (Å²) < 4.78 is 39.1. The summed E-state index contributed by atoms with van der Waals surface area (Å²) >= 11 is 0. The molecule has 0 saturated carbocycles. The maximum absolute atomic E-state index is 12.5. The first-order chi connectivity index (χ1) is 8.05. The zero-order valence-electron chi connectivity index (χ0n) is 8.70. The molecule has 90 valence electrons. The molecule has 3 heterocycles. The van der Waals surface area contributed by atoms with E-state index in [0.29, 0.717) is 5.82 Å². The lowest BCUT2D eigenvalue weighted by atomic mass is 10.0. The van der Waals surface area contributed by atoms with Crippen molar-refractivity contribution in [3.63, 3.8) is 0 Å². The molecule has 1 saturated heterocycles. The second-order valence-corrected chi connectivity index (χ2v) is 4.05. The van der Waals surface area contributed by atoms with Gasteiger partial charge in [0.25, 0.3) is 0 Å². The molecule has 2 aromatic heterocycles. The van der Waals surface area contributed by atoms with E-state index in [9.17, 15) is 13.2 Å². The molecular formula is C10H9F3N4. The van der Waals surface area contributed by atoms with Crippen molar-refractivity contribution in [3.8, 4) is 0 Å². The summed E-state index contributed by atoms with van der Waals surface area (Å²) in [7, 11) is 0. The van der Waals surface area contributed by atoms with E-state index < -0.39 is 11.7 Å². The highest BCUT2D eigenvalue weighted by Gasteiger charge is 2.31. The van der Waals surface area contributed by atoms with Crippen molar-refractivity contribution in [2.24, 2.45) is 0 Å². The van der Waals surface area contributed by atoms with Gasteiger partial charge in [-0.1, -0.05) is 0 Å². The van der Waals surface area contributed by atoms with Crippen LogP contribution in [0.4, 0.5) is 13.2 Å². The molecule has 1 aliphatic rings. The molecule has 0 unspecified atom stereocenters. The van der Waals surface area contributed by atoms with Crippen LogP contribution in [-0.2, 0) is 6.18 Å². The highest BCUT2D eigenvalue weighted by molar-refractivity contribution is 5.42. The van der Waals surface area contributed by atoms with E-state index in [1.807, 2.05) is 0 Å². The fraction of sp³-hybridized carbons (Fsp3) is 0.400. The van der Waals surface area contributed by atoms with Gasteiger partial charge in [0.2, 0.25) is 0 Å². The number of hydrogen-bond acceptors (Lipinski definition) is 3. The molecule has 0 aromatic carbocycles. The molecule has 4 nitrogen and oxygen atoms in total. The number of alkyl halides is 3. The van der Waals surface area contributed by atoms with Crippen LogP contribution in [0, 0.1) is 0 Å². The lowest BCUT2D eigenvalue weighted by molar-refractivity contribution is -0.137. The fourth-order valence-electron chi connectivity index (χ4n) is 1.84. The third kappa shape index (κ3) is 1.66. The standard InChI is InChI=1S/C10H9F3N4/c11-10(12,13)7-1-2-17-8(3-7)15-16-9(17)6-4-14-5-6/h1-3,6,14H,4-5H2. The van der Waals surface area contributed by atoms with Gasteiger partial charge in [-0.2, -0.15) is 13.2 Å². The van der Waals surface area contributed by atoms with E-state index in [4.69, 9.17) is 0 Å². The summed E-state index contributed by atoms with van der Waals surface area (Å²) in [5.41, 5.74) is -0.461. The van der Waals surface area contributed by atoms with E-state index in [1.54, 1.807) is 4.40 Å². The van der Waals surface area contributed by atoms with Crippen LogP contribution < -0.4 is 5.32 Å². The van der Waals surface area contributed by atoms with Crippen molar-refractivity contribution >= 4 is 5.65 Å². The van der Waals surface area contributed by atoms with E-state index in [2.05, 4.69) is 15.5 Å². The number of nitrogens with one attached hydrogen (secondary N) is 1. The molecule has 0 bridgehead atoms. The quantitative estimate of drug-likeness (QED) is 0.822. The Hall–Kier alpha value is -1.63. The van der Waals surface area contributed by atoms with Crippen molar-refractivity contribution in [2.75, 3.05) is 13.1 Å². The number of pyridine rings is 1. The molecule has 3 rings (SSSR count). The van der Waals surface area contributed by atoms with Crippen LogP contribution in [0.25, 0.3) is 5.65 Å². The first-order valence-corrected chi connectivity index (χ1v) is 5.18. The monoisotopic (exact) mass is 242 g/mol. The number of aromatic nitrogens is 3. The number of fused-ring (bicyclic) bond motifs is 1. The number of hydrogen-bond donors (Lipinski definition) is 1. The summed E-state index contributed by atoms with van der Waals surface area (Å²) in [4.78, 5) is 0. The molecule has 0 radical (unpaired) electrons. The van der Waals surface area contributed by atoms with Crippen molar-refractivity contribution in [3.05, 3.63) is 29.7 Å². The Morgan fingerprint density at radius 2 is 2.06 bits per heavy atom. The maximum atomic E-state index is 12.5. The molecule has 0 aliphatic carbocycles. The molecule has 1 aliphatic heterocycles. The van der Waals surface area contributed by atoms with Gasteiger partial charge in [0.1, 0.15) is 5.82 Å². The molecule has 7 heteroatoms. The van der Waals surface area contributed by atoms with Crippen molar-refractivity contribution in [1.82, 2.24) is 19.9 Å². The van der Waals surface area contributed by atoms with Crippen LogP contribution in [0.1, 0.15) is 17.3 Å². The summed E-state index contributed by atoms with van der Waals surface area (Å²) in [5, 5.41) is 10.8. The van der Waals surface area contributed by atoms with Crippen LogP contribution in [0.5, 0.6) is 0 Å². The summed E-state index contributed by atoms with van der Waals surface area (Å²) in [6.45, 7) is 1.59. The minimum atomic E-state index is -4.34. The highest BCUT2D eigenvalue weighted by Crippen LogP contribution is 2.30. The Morgan fingerprint density at radius 3 is 2.65 bits per heavy atom. The van der Waals surface area contributed by atoms with Gasteiger partial charge < -0.3 is 5.32 Å². The van der Waals surface area contributed by atoms with Gasteiger partial charge >= 0.3 is 6.18 Å². The van der Waals surface area contributed by atoms with Gasteiger partial charge in [-0.15, -0.1) is 10.2 Å². The Kier molecular flexibility index (Phi) is 2.12. The second-order valence-electron chi connectivity index (χ2n) is 4.05. The molecule has 17 heavy (non-hydrogen) atoms. The fourth-order valence-corrected chi connectivity index (χ4v) is 1.84. The molecule has 0 amide bonds. The normalized spacial score (nSPS) is 17.4. The smallest absolute Gasteiger partial charge is 0.315 e. The summed E-state index contributed by atoms with van der Waals surface area (Å²) in [6, 6.07) is 2.06. The van der Waals surface area contributed by atoms with E-state index >= 15 is 0 Å². The van der Waals surface area contributed by atoms with E-state index in [-0.39, 0.29) is 11.6 Å². The predicted octanol–water partition coefficient (Wildman–Crippen LogP) is 1.43. The van der Waals surface area contributed by atoms with Gasteiger partial charge in [-0.25, -0.2) is 0 Å². The van der Waals surface area contributed by atoms with Crippen LogP contribution in [-0.4, -0.2) is 27.7 Å². The number of nitrogens with zero attached hydrogens (tertiary/aromatic N) is 3. The first-order valence-electron chi connectivity index (χ1n) is 5.18. The summed E-state index contributed by atoms with van der Waals surface area (Å²) in [6.07, 6.45) is -2.96. The number of rotatable bonds is 1. The van der Waals surface area contributed by atoms with Crippen molar-refractivity contribution in [2.45, 2.75) is 12.1 Å². The lowest BCUT2D eigenvalue weighted by Crippen LogP contribution is -2.40. The average molecular weight is 242 g/mol. The second kappa shape index (κ2) is 3.43. The van der Waals surface area contributed by atoms with Crippen LogP contribution in [0.15, 0.2) is 18.3 Å². The van der Waals surface area contributed by atoms with Gasteiger partial charge in [0.05, 0.1) is 5.56 Å². The minimum Gasteiger partial charge on any atom is -0.315 e. The Labute approximate surface area is 94.5 Å². The number of halogens is 3. The molecule has 0 atom stereocenters. The molecule has 1 N–H and O–H groups in total. The minimum absolute atomic E-state index is 0.238. The van der Waals surface area contributed by atoms with Gasteiger partial charge in [0, 0.05) is 25.2 Å². The first kappa shape index (κ1) is 10.5. The molecule has 0 spiro atoms. The highest BCUT2D eigenvalue weighted by atomic mass is 19.4. The van der Waals surface area contributed by atoms with Crippen LogP contribution in [0.3, 0.4) is 0 Å². The van der Waals surface area contributed by atoms with Gasteiger partial charge in [-0.3, -0.25) is 4.40 Å². The lowest BCUT2D eigenvalue weighted by Gasteiger charge is -2.25. The maximum Gasteiger partial charge on any atom is 0.416 e. The van der Waals surface area contributed by atoms with Crippen molar-refractivity contribution in [1.29, 1.82) is 0 Å². The van der Waals surface area contributed by atoms with E-state index in [1.165, 1.54) is 6.20 Å². The zero-order chi connectivity index (χ0) is 12.0. The molecular weight excluding hydrogens is 233 g/mol. The van der Waals surface area contributed by atoms with E-state index in [0.717, 1.165) is 25.2 Å². The van der Waals surface area contributed by atoms with Gasteiger partial charge in [-0.05, 0) is 12.1 Å². The SMILES string of the molecule is FC(F)(F)c1ccn2c(C3CNC3)nnc2c1. The van der Waals surface area contributed by atoms with Crippen LogP contribution >= 0.6 is 0 Å². The predicted molar refractivity (Wildman–Crippen MR) is 53.6 cm³/mol. The summed E-state index contributed by atoms with van der Waals surface area (Å²) in [5.74, 6) is 0.953. The molecule has 2 aromatic rings. The topological polar surface area (TPSA) is 42.2 Å². The largest absolute Gasteiger partial charge is 0.416 e. The Bertz CT molecular complexity index is 556. The zero-order valence-corrected chi connectivity index (χ0v) is 8.70.